The molecule has 4 nitrogen and oxygen atoms in total. The maximum atomic E-state index is 14.1. The van der Waals surface area contributed by atoms with Gasteiger partial charge in [-0.25, -0.2) is 9.18 Å². The van der Waals surface area contributed by atoms with E-state index in [-0.39, 0.29) is 15.8 Å². The van der Waals surface area contributed by atoms with Crippen molar-refractivity contribution in [2.24, 2.45) is 0 Å². The molecule has 0 saturated carbocycles. The van der Waals surface area contributed by atoms with Gasteiger partial charge < -0.3 is 14.6 Å². The largest absolute Gasteiger partial charge is 0.493 e. The second kappa shape index (κ2) is 5.92. The van der Waals surface area contributed by atoms with E-state index in [1.54, 1.807) is 24.3 Å². The average molecular weight is 341 g/mol. The zero-order valence-corrected chi connectivity index (χ0v) is 12.0. The molecule has 0 aliphatic heterocycles. The Morgan fingerprint density at radius 1 is 1.15 bits per heavy atom. The summed E-state index contributed by atoms with van der Waals surface area (Å²) in [5.41, 5.74) is -0.171. The summed E-state index contributed by atoms with van der Waals surface area (Å²) >= 11 is 2.91. The Labute approximate surface area is 122 Å². The van der Waals surface area contributed by atoms with Crippen LogP contribution in [0, 0.1) is 5.82 Å². The summed E-state index contributed by atoms with van der Waals surface area (Å²) in [5, 5.41) is 8.90. The van der Waals surface area contributed by atoms with E-state index in [4.69, 9.17) is 14.6 Å². The maximum absolute atomic E-state index is 14.1. The Morgan fingerprint density at radius 2 is 1.80 bits per heavy atom. The highest BCUT2D eigenvalue weighted by atomic mass is 79.9. The molecule has 1 N–H and O–H groups in total. The summed E-state index contributed by atoms with van der Waals surface area (Å²) in [6.07, 6.45) is 0. The van der Waals surface area contributed by atoms with Gasteiger partial charge in [0.15, 0.2) is 23.1 Å². The highest BCUT2D eigenvalue weighted by Gasteiger charge is 2.18. The van der Waals surface area contributed by atoms with Crippen molar-refractivity contribution in [2.45, 2.75) is 0 Å². The van der Waals surface area contributed by atoms with Gasteiger partial charge in [0.25, 0.3) is 0 Å². The van der Waals surface area contributed by atoms with Crippen LogP contribution in [0.15, 0.2) is 40.9 Å². The van der Waals surface area contributed by atoms with Crippen molar-refractivity contribution in [3.63, 3.8) is 0 Å². The van der Waals surface area contributed by atoms with Crippen LogP contribution >= 0.6 is 15.9 Å². The minimum atomic E-state index is -1.22. The minimum absolute atomic E-state index is 0.0913. The standard InChI is InChI=1S/C14H10BrFO4/c1-19-9-4-2-3-5-10(9)20-11-7-6-8(14(17)18)12(15)13(11)16/h2-7H,1H3,(H,17,18). The van der Waals surface area contributed by atoms with Crippen molar-refractivity contribution in [3.05, 3.63) is 52.3 Å². The van der Waals surface area contributed by atoms with Gasteiger partial charge in [-0.15, -0.1) is 0 Å². The number of hydrogen-bond donors (Lipinski definition) is 1. The average Bonchev–Trinajstić information content (AvgIpc) is 2.44. The first-order valence-corrected chi connectivity index (χ1v) is 6.36. The zero-order valence-electron chi connectivity index (χ0n) is 10.4. The highest BCUT2D eigenvalue weighted by molar-refractivity contribution is 9.10. The molecule has 0 aromatic heterocycles. The van der Waals surface area contributed by atoms with Crippen molar-refractivity contribution in [2.75, 3.05) is 7.11 Å². The van der Waals surface area contributed by atoms with Gasteiger partial charge in [0.05, 0.1) is 17.1 Å². The van der Waals surface area contributed by atoms with Gasteiger partial charge in [-0.2, -0.15) is 0 Å². The van der Waals surface area contributed by atoms with Crippen LogP contribution < -0.4 is 9.47 Å². The third-order valence-corrected chi connectivity index (χ3v) is 3.34. The summed E-state index contributed by atoms with van der Waals surface area (Å²) < 4.78 is 24.4. The van der Waals surface area contributed by atoms with Crippen LogP contribution in [0.5, 0.6) is 17.2 Å². The molecule has 0 unspecified atom stereocenters. The van der Waals surface area contributed by atoms with Crippen molar-refractivity contribution < 1.29 is 23.8 Å². The number of ether oxygens (including phenoxy) is 2. The van der Waals surface area contributed by atoms with Crippen LogP contribution in [0.4, 0.5) is 4.39 Å². The lowest BCUT2D eigenvalue weighted by atomic mass is 10.2. The van der Waals surface area contributed by atoms with Crippen LogP contribution in [0.25, 0.3) is 0 Å². The van der Waals surface area contributed by atoms with Crippen molar-refractivity contribution in [1.29, 1.82) is 0 Å². The van der Waals surface area contributed by atoms with Crippen LogP contribution in [-0.2, 0) is 0 Å². The molecule has 0 heterocycles. The molecule has 0 radical (unpaired) electrons. The van der Waals surface area contributed by atoms with Crippen molar-refractivity contribution in [1.82, 2.24) is 0 Å². The Balaban J connectivity index is 2.40. The SMILES string of the molecule is COc1ccccc1Oc1ccc(C(=O)O)c(Br)c1F. The van der Waals surface area contributed by atoms with Crippen LogP contribution in [-0.4, -0.2) is 18.2 Å². The van der Waals surface area contributed by atoms with Gasteiger partial charge in [-0.3, -0.25) is 0 Å². The highest BCUT2D eigenvalue weighted by Crippen LogP contribution is 2.35. The lowest BCUT2D eigenvalue weighted by molar-refractivity contribution is 0.0695. The van der Waals surface area contributed by atoms with Crippen LogP contribution in [0.1, 0.15) is 10.4 Å². The quantitative estimate of drug-likeness (QED) is 0.910. The molecule has 0 saturated heterocycles. The summed E-state index contributed by atoms with van der Waals surface area (Å²) in [6.45, 7) is 0. The molecule has 0 spiro atoms. The zero-order chi connectivity index (χ0) is 14.7. The normalized spacial score (nSPS) is 10.2. The van der Waals surface area contributed by atoms with Gasteiger partial charge in [-0.1, -0.05) is 12.1 Å². The Bertz CT molecular complexity index is 658. The summed E-state index contributed by atoms with van der Waals surface area (Å²) in [4.78, 5) is 10.9. The van der Waals surface area contributed by atoms with Gasteiger partial charge in [0.2, 0.25) is 0 Å². The van der Waals surface area contributed by atoms with E-state index in [9.17, 15) is 9.18 Å². The van der Waals surface area contributed by atoms with E-state index in [2.05, 4.69) is 15.9 Å². The molecule has 0 amide bonds. The Kier molecular flexibility index (Phi) is 4.24. The topological polar surface area (TPSA) is 55.8 Å². The Hall–Kier alpha value is -2.08. The van der Waals surface area contributed by atoms with Crippen molar-refractivity contribution in [3.8, 4) is 17.2 Å². The number of para-hydroxylation sites is 2. The molecule has 2 rings (SSSR count). The number of carboxylic acids is 1. The number of rotatable bonds is 4. The second-order valence-electron chi connectivity index (χ2n) is 3.80. The van der Waals surface area contributed by atoms with Gasteiger partial charge in [-0.05, 0) is 40.2 Å². The lowest BCUT2D eigenvalue weighted by Crippen LogP contribution is -2.01. The monoisotopic (exact) mass is 340 g/mol. The molecule has 104 valence electrons. The maximum Gasteiger partial charge on any atom is 0.336 e. The van der Waals surface area contributed by atoms with E-state index in [0.717, 1.165) is 0 Å². The summed E-state index contributed by atoms with van der Waals surface area (Å²) in [6, 6.07) is 9.29. The molecule has 0 aliphatic carbocycles. The fraction of sp³-hybridized carbons (Fsp3) is 0.0714. The van der Waals surface area contributed by atoms with Crippen molar-refractivity contribution >= 4 is 21.9 Å². The first-order chi connectivity index (χ1) is 9.54. The third kappa shape index (κ3) is 2.75. The predicted molar refractivity (Wildman–Crippen MR) is 74.1 cm³/mol. The Morgan fingerprint density at radius 3 is 2.40 bits per heavy atom. The lowest BCUT2D eigenvalue weighted by Gasteiger charge is -2.11. The van der Waals surface area contributed by atoms with E-state index in [1.165, 1.54) is 19.2 Å². The summed E-state index contributed by atoms with van der Waals surface area (Å²) in [5.74, 6) is -1.31. The summed E-state index contributed by atoms with van der Waals surface area (Å²) in [7, 11) is 1.47. The van der Waals surface area contributed by atoms with E-state index < -0.39 is 11.8 Å². The number of benzene rings is 2. The van der Waals surface area contributed by atoms with E-state index in [1.807, 2.05) is 0 Å². The smallest absolute Gasteiger partial charge is 0.336 e. The van der Waals surface area contributed by atoms with Gasteiger partial charge in [0.1, 0.15) is 0 Å². The predicted octanol–water partition coefficient (Wildman–Crippen LogP) is 4.09. The van der Waals surface area contributed by atoms with Crippen LogP contribution in [0.3, 0.4) is 0 Å². The molecule has 0 atom stereocenters. The fourth-order valence-corrected chi connectivity index (χ4v) is 2.09. The molecule has 20 heavy (non-hydrogen) atoms. The number of carbonyl (C=O) groups is 1. The first-order valence-electron chi connectivity index (χ1n) is 5.56. The van der Waals surface area contributed by atoms with Gasteiger partial charge in [0, 0.05) is 0 Å². The second-order valence-corrected chi connectivity index (χ2v) is 4.59. The van der Waals surface area contributed by atoms with Crippen LogP contribution in [0.2, 0.25) is 0 Å². The number of hydrogen-bond acceptors (Lipinski definition) is 3. The fourth-order valence-electron chi connectivity index (χ4n) is 1.60. The van der Waals surface area contributed by atoms with E-state index >= 15 is 0 Å². The molecule has 0 fully saturated rings. The molecular formula is C14H10BrFO4. The van der Waals surface area contributed by atoms with E-state index in [0.29, 0.717) is 11.5 Å². The molecular weight excluding hydrogens is 331 g/mol. The molecule has 0 bridgehead atoms. The number of halogens is 2. The molecule has 2 aromatic rings. The number of aromatic carboxylic acids is 1. The number of carboxylic acid groups (broad SMARTS) is 1. The molecule has 2 aromatic carbocycles. The third-order valence-electron chi connectivity index (χ3n) is 2.57. The molecule has 0 aliphatic rings. The molecule has 6 heteroatoms. The minimum Gasteiger partial charge on any atom is -0.493 e. The number of methoxy groups -OCH3 is 1. The van der Waals surface area contributed by atoms with Gasteiger partial charge >= 0.3 is 5.97 Å². The first kappa shape index (κ1) is 14.3.